The molecule has 5 unspecified atom stereocenters. The first-order valence-electron chi connectivity index (χ1n) is 15.4. The first-order chi connectivity index (χ1) is 17.7. The van der Waals surface area contributed by atoms with E-state index in [2.05, 4.69) is 132 Å². The fourth-order valence-electron chi connectivity index (χ4n) is 9.10. The highest BCUT2D eigenvalue weighted by molar-refractivity contribution is 7.60. The summed E-state index contributed by atoms with van der Waals surface area (Å²) in [6.45, 7) is 37.9. The first kappa shape index (κ1) is 32.9. The highest BCUT2D eigenvalue weighted by atomic mass is 31.1. The van der Waals surface area contributed by atoms with Gasteiger partial charge in [0.15, 0.2) is 11.6 Å². The normalized spacial score (nSPS) is 36.5. The van der Waals surface area contributed by atoms with Crippen molar-refractivity contribution in [3.63, 3.8) is 0 Å². The van der Waals surface area contributed by atoms with Crippen LogP contribution in [-0.2, 0) is 36.6 Å². The van der Waals surface area contributed by atoms with Crippen LogP contribution in [0.1, 0.15) is 146 Å². The smallest absolute Gasteiger partial charge is 0.172 e. The molecule has 0 aromatic heterocycles. The Morgan fingerprint density at radius 2 is 1.07 bits per heavy atom. The summed E-state index contributed by atoms with van der Waals surface area (Å²) in [7, 11) is 2.79. The topological polar surface area (TPSA) is 27.7 Å². The van der Waals surface area contributed by atoms with E-state index in [0.717, 1.165) is 25.2 Å². The molecule has 1 aromatic carbocycles. The highest BCUT2D eigenvalue weighted by Gasteiger charge is 2.77. The zero-order chi connectivity index (χ0) is 30.8. The first-order valence-corrected chi connectivity index (χ1v) is 17.8. The van der Waals surface area contributed by atoms with Crippen LogP contribution < -0.4 is 0 Å². The Morgan fingerprint density at radius 3 is 1.43 bits per heavy atom. The summed E-state index contributed by atoms with van der Waals surface area (Å²) in [5.41, 5.74) is 4.70. The van der Waals surface area contributed by atoms with Crippen LogP contribution in [0, 0.1) is 0 Å². The molecular weight excluding hydrogens is 530 g/mol. The molecule has 1 aromatic rings. The molecule has 40 heavy (non-hydrogen) atoms. The van der Waals surface area contributed by atoms with Gasteiger partial charge < -0.3 is 14.2 Å². The van der Waals surface area contributed by atoms with Gasteiger partial charge in [-0.25, -0.2) is 0 Å². The van der Waals surface area contributed by atoms with Crippen LogP contribution in [-0.4, -0.2) is 39.3 Å². The van der Waals surface area contributed by atoms with E-state index in [9.17, 15) is 0 Å². The lowest BCUT2D eigenvalue weighted by molar-refractivity contribution is -0.531. The Hall–Kier alpha value is -0.0400. The molecule has 4 aliphatic heterocycles. The Kier molecular flexibility index (Phi) is 7.59. The van der Waals surface area contributed by atoms with Gasteiger partial charge in [-0.15, -0.1) is 9.24 Å². The lowest BCUT2D eigenvalue weighted by Gasteiger charge is -2.74. The van der Waals surface area contributed by atoms with Gasteiger partial charge in [-0.05, 0) is 83.4 Å². The molecule has 0 saturated carbocycles. The van der Waals surface area contributed by atoms with Crippen LogP contribution >= 0.6 is 17.2 Å². The van der Waals surface area contributed by atoms with E-state index in [0.29, 0.717) is 0 Å². The second-order valence-corrected chi connectivity index (χ2v) is 22.2. The SMILES string of the molecule is CC12CC3(C)OC(C)(CC(C)(O1)C3(CP)c1cc(C(C)(C)C)c(C(C)(C)C)cc1CP(C(C)(C)C)C(C)(C)C)O2. The van der Waals surface area contributed by atoms with Crippen molar-refractivity contribution >= 4 is 17.2 Å². The second kappa shape index (κ2) is 9.24. The molecule has 4 bridgehead atoms. The summed E-state index contributed by atoms with van der Waals surface area (Å²) in [6, 6.07) is 5.22. The molecule has 0 aliphatic carbocycles. The second-order valence-electron chi connectivity index (χ2n) is 18.0. The van der Waals surface area contributed by atoms with Gasteiger partial charge in [0.2, 0.25) is 0 Å². The van der Waals surface area contributed by atoms with Gasteiger partial charge in [-0.1, -0.05) is 103 Å². The van der Waals surface area contributed by atoms with Crippen LogP contribution in [0.15, 0.2) is 12.1 Å². The van der Waals surface area contributed by atoms with E-state index in [-0.39, 0.29) is 34.5 Å². The van der Waals surface area contributed by atoms with Gasteiger partial charge in [-0.3, -0.25) is 0 Å². The summed E-state index contributed by atoms with van der Waals surface area (Å²) in [5, 5.41) is 0.451. The zero-order valence-corrected chi connectivity index (χ0v) is 30.8. The van der Waals surface area contributed by atoms with Gasteiger partial charge in [0.05, 0.1) is 16.6 Å². The standard InChI is InChI=1S/C35H60O3P2/c1-27(2,3)25-17-23(19-40(29(7,8)9)30(10,11)12)24(18-26(25)28(4,5)6)35(22-39)31(13)20-33(15)37-32(35,14)21-34(16,36-31)38-33/h17-18H,19-22,39H2,1-16H3. The van der Waals surface area contributed by atoms with Crippen molar-refractivity contribution in [3.8, 4) is 0 Å². The minimum absolute atomic E-state index is 0.00721. The summed E-state index contributed by atoms with van der Waals surface area (Å²) < 4.78 is 20.7. The van der Waals surface area contributed by atoms with Crippen molar-refractivity contribution in [1.82, 2.24) is 0 Å². The maximum Gasteiger partial charge on any atom is 0.172 e. The van der Waals surface area contributed by atoms with E-state index < -0.39 is 22.8 Å². The molecule has 5 rings (SSSR count). The molecule has 4 aliphatic rings. The average molecular weight is 591 g/mol. The predicted molar refractivity (Wildman–Crippen MR) is 176 cm³/mol. The maximum atomic E-state index is 7.10. The van der Waals surface area contributed by atoms with E-state index in [1.807, 2.05) is 0 Å². The number of hydrogen-bond donors (Lipinski definition) is 0. The van der Waals surface area contributed by atoms with E-state index >= 15 is 0 Å². The van der Waals surface area contributed by atoms with Crippen molar-refractivity contribution < 1.29 is 14.2 Å². The predicted octanol–water partition coefficient (Wildman–Crippen LogP) is 9.79. The molecule has 0 amide bonds. The van der Waals surface area contributed by atoms with Crippen LogP contribution in [0.3, 0.4) is 0 Å². The molecule has 0 spiro atoms. The van der Waals surface area contributed by atoms with Crippen molar-refractivity contribution in [3.05, 3.63) is 34.4 Å². The lowest BCUT2D eigenvalue weighted by Crippen LogP contribution is -2.84. The third kappa shape index (κ3) is 5.09. The average Bonchev–Trinajstić information content (AvgIpc) is 2.65. The van der Waals surface area contributed by atoms with Crippen molar-refractivity contribution in [2.45, 2.75) is 179 Å². The summed E-state index contributed by atoms with van der Waals surface area (Å²) >= 11 is 0. The summed E-state index contributed by atoms with van der Waals surface area (Å²) in [5.74, 6) is -1.28. The van der Waals surface area contributed by atoms with Crippen molar-refractivity contribution in [2.75, 3.05) is 6.16 Å². The quantitative estimate of drug-likeness (QED) is 0.327. The van der Waals surface area contributed by atoms with Crippen LogP contribution in [0.2, 0.25) is 0 Å². The molecule has 3 nitrogen and oxygen atoms in total. The van der Waals surface area contributed by atoms with Gasteiger partial charge >= 0.3 is 0 Å². The fourth-order valence-corrected chi connectivity index (χ4v) is 13.8. The van der Waals surface area contributed by atoms with Gasteiger partial charge in [0, 0.05) is 12.8 Å². The molecule has 4 heterocycles. The largest absolute Gasteiger partial charge is 0.343 e. The highest BCUT2D eigenvalue weighted by Crippen LogP contribution is 2.70. The number of benzene rings is 1. The summed E-state index contributed by atoms with van der Waals surface area (Å²) in [6.07, 6.45) is 3.41. The molecule has 0 radical (unpaired) electrons. The van der Waals surface area contributed by atoms with Crippen LogP contribution in [0.5, 0.6) is 0 Å². The Labute approximate surface area is 250 Å². The molecule has 228 valence electrons. The van der Waals surface area contributed by atoms with E-state index in [4.69, 9.17) is 14.2 Å². The number of rotatable bonds is 4. The molecule has 0 N–H and O–H groups in total. The van der Waals surface area contributed by atoms with E-state index in [1.165, 1.54) is 22.3 Å². The molecular formula is C35H60O3P2. The van der Waals surface area contributed by atoms with E-state index in [1.54, 1.807) is 0 Å². The Bertz CT molecular complexity index is 1100. The minimum Gasteiger partial charge on any atom is -0.343 e. The third-order valence-corrected chi connectivity index (χ3v) is 14.5. The third-order valence-electron chi connectivity index (χ3n) is 10.0. The fraction of sp³-hybridized carbons (Fsp3) is 0.829. The number of ether oxygens (including phenoxy) is 3. The van der Waals surface area contributed by atoms with Gasteiger partial charge in [0.25, 0.3) is 0 Å². The minimum atomic E-state index is -0.639. The Morgan fingerprint density at radius 1 is 0.675 bits per heavy atom. The van der Waals surface area contributed by atoms with Crippen molar-refractivity contribution in [2.24, 2.45) is 0 Å². The Balaban J connectivity index is 2.11. The molecule has 5 heteroatoms. The molecule has 4 fully saturated rings. The molecule has 5 atom stereocenters. The van der Waals surface area contributed by atoms with Crippen LogP contribution in [0.4, 0.5) is 0 Å². The van der Waals surface area contributed by atoms with Crippen LogP contribution in [0.25, 0.3) is 0 Å². The lowest BCUT2D eigenvalue weighted by atomic mass is 9.51. The molecule has 4 saturated heterocycles. The zero-order valence-electron chi connectivity index (χ0n) is 28.7. The number of hydrogen-bond acceptors (Lipinski definition) is 3. The monoisotopic (exact) mass is 590 g/mol. The summed E-state index contributed by atoms with van der Waals surface area (Å²) in [4.78, 5) is 0. The van der Waals surface area contributed by atoms with Gasteiger partial charge in [-0.2, -0.15) is 0 Å². The maximum absolute atomic E-state index is 7.10. The van der Waals surface area contributed by atoms with Crippen molar-refractivity contribution in [1.29, 1.82) is 0 Å². The van der Waals surface area contributed by atoms with Gasteiger partial charge in [0.1, 0.15) is 0 Å².